The topological polar surface area (TPSA) is 67.6 Å². The molecule has 2 aromatic carbocycles. The lowest BCUT2D eigenvalue weighted by Gasteiger charge is -2.35. The number of carbonyl (C=O) groups is 1. The number of amides is 1. The summed E-state index contributed by atoms with van der Waals surface area (Å²) in [5.41, 5.74) is 7.67. The Morgan fingerprint density at radius 2 is 1.65 bits per heavy atom. The summed E-state index contributed by atoms with van der Waals surface area (Å²) in [4.78, 5) is 15.1. The number of para-hydroxylation sites is 2. The highest BCUT2D eigenvalue weighted by atomic mass is 16.5. The van der Waals surface area contributed by atoms with Crippen LogP contribution in [0.4, 0.5) is 11.4 Å². The zero-order chi connectivity index (χ0) is 20.8. The first-order valence-electron chi connectivity index (χ1n) is 11.3. The van der Waals surface area contributed by atoms with Crippen molar-refractivity contribution in [1.82, 2.24) is 4.90 Å². The summed E-state index contributed by atoms with van der Waals surface area (Å²) in [5, 5.41) is 2.86. The molecule has 1 saturated heterocycles. The molecule has 2 aromatic rings. The fraction of sp³-hybridized carbons (Fsp3) is 0.500. The molecule has 0 aromatic heterocycles. The first-order valence-corrected chi connectivity index (χ1v) is 11.3. The molecule has 2 aliphatic rings. The average molecular weight is 424 g/mol. The molecule has 3 N–H and O–H groups in total. The maximum atomic E-state index is 12.5. The first-order chi connectivity index (χ1) is 14.7. The van der Waals surface area contributed by atoms with Gasteiger partial charge in [0.1, 0.15) is 11.9 Å². The number of nitrogens with one attached hydrogen (secondary N) is 1. The molecule has 31 heavy (non-hydrogen) atoms. The Morgan fingerprint density at radius 1 is 0.968 bits per heavy atom. The van der Waals surface area contributed by atoms with E-state index in [9.17, 15) is 4.79 Å². The number of carbonyl (C=O) groups excluding carboxylic acids is 1. The molecule has 2 fully saturated rings. The molecule has 0 radical (unpaired) electrons. The Bertz CT molecular complexity index is 823. The Hall–Kier alpha value is -2.53. The highest BCUT2D eigenvalue weighted by Gasteiger charge is 2.23. The summed E-state index contributed by atoms with van der Waals surface area (Å²) in [6.45, 7) is 3.52. The first kappa shape index (κ1) is 23.1. The predicted molar refractivity (Wildman–Crippen MR) is 129 cm³/mol. The Morgan fingerprint density at radius 3 is 2.32 bits per heavy atom. The molecule has 0 spiro atoms. The molecule has 5 heteroatoms. The van der Waals surface area contributed by atoms with Crippen LogP contribution in [0.5, 0.6) is 5.75 Å². The van der Waals surface area contributed by atoms with Gasteiger partial charge in [0.15, 0.2) is 0 Å². The van der Waals surface area contributed by atoms with Crippen LogP contribution in [0.3, 0.4) is 0 Å². The molecule has 1 aliphatic heterocycles. The molecule has 0 atom stereocenters. The number of piperidine rings is 1. The Labute approximate surface area is 187 Å². The standard InChI is InChI=1S/C25H33N3O2.CH4/c26-23-8-4-5-9-24(23)27-25(29)20-10-12-21(13-11-20)30-22-14-16-28(17-15-22)18-19-6-2-1-3-7-19;/h4-5,8-13,19,22H,1-3,6-7,14-18,26H2,(H,27,29);1H4. The molecular weight excluding hydrogens is 386 g/mol. The van der Waals surface area contributed by atoms with Gasteiger partial charge in [-0.3, -0.25) is 4.79 Å². The van der Waals surface area contributed by atoms with Gasteiger partial charge in [-0.15, -0.1) is 0 Å². The Balaban J connectivity index is 0.00000272. The molecule has 168 valence electrons. The van der Waals surface area contributed by atoms with Crippen molar-refractivity contribution in [3.05, 3.63) is 54.1 Å². The monoisotopic (exact) mass is 423 g/mol. The van der Waals surface area contributed by atoms with Crippen molar-refractivity contribution in [2.75, 3.05) is 30.7 Å². The summed E-state index contributed by atoms with van der Waals surface area (Å²) < 4.78 is 6.19. The minimum absolute atomic E-state index is 0. The SMILES string of the molecule is C.Nc1ccccc1NC(=O)c1ccc(OC2CCN(CC3CCCCC3)CC2)cc1. The van der Waals surface area contributed by atoms with E-state index in [-0.39, 0.29) is 19.4 Å². The van der Waals surface area contributed by atoms with Gasteiger partial charge in [-0.05, 0) is 68.0 Å². The van der Waals surface area contributed by atoms with Gasteiger partial charge in [0.05, 0.1) is 11.4 Å². The second kappa shape index (κ2) is 11.2. The highest BCUT2D eigenvalue weighted by Crippen LogP contribution is 2.26. The van der Waals surface area contributed by atoms with Crippen molar-refractivity contribution in [3.63, 3.8) is 0 Å². The maximum absolute atomic E-state index is 12.5. The van der Waals surface area contributed by atoms with E-state index in [1.165, 1.54) is 38.6 Å². The number of nitrogen functional groups attached to an aromatic ring is 1. The van der Waals surface area contributed by atoms with Gasteiger partial charge in [0, 0.05) is 25.2 Å². The summed E-state index contributed by atoms with van der Waals surface area (Å²) in [7, 11) is 0. The van der Waals surface area contributed by atoms with Crippen LogP contribution in [0.25, 0.3) is 0 Å². The van der Waals surface area contributed by atoms with Crippen LogP contribution < -0.4 is 15.8 Å². The fourth-order valence-electron chi connectivity index (χ4n) is 4.63. The lowest BCUT2D eigenvalue weighted by molar-refractivity contribution is 0.0863. The van der Waals surface area contributed by atoms with Crippen LogP contribution in [0.1, 0.15) is 62.7 Å². The van der Waals surface area contributed by atoms with E-state index in [4.69, 9.17) is 10.5 Å². The molecule has 1 saturated carbocycles. The third kappa shape index (κ3) is 6.47. The molecule has 5 nitrogen and oxygen atoms in total. The van der Waals surface area contributed by atoms with Gasteiger partial charge in [-0.1, -0.05) is 38.8 Å². The second-order valence-corrected chi connectivity index (χ2v) is 8.69. The number of hydrogen-bond acceptors (Lipinski definition) is 4. The van der Waals surface area contributed by atoms with Gasteiger partial charge in [0.2, 0.25) is 0 Å². The van der Waals surface area contributed by atoms with Gasteiger partial charge in [-0.2, -0.15) is 0 Å². The van der Waals surface area contributed by atoms with Crippen molar-refractivity contribution in [2.45, 2.75) is 58.5 Å². The van der Waals surface area contributed by atoms with Crippen LogP contribution in [0, 0.1) is 5.92 Å². The fourth-order valence-corrected chi connectivity index (χ4v) is 4.63. The molecular formula is C26H37N3O2. The van der Waals surface area contributed by atoms with Crippen molar-refractivity contribution in [3.8, 4) is 5.75 Å². The van der Waals surface area contributed by atoms with Crippen LogP contribution in [-0.2, 0) is 0 Å². The number of nitrogens with zero attached hydrogens (tertiary/aromatic N) is 1. The quantitative estimate of drug-likeness (QED) is 0.595. The van der Waals surface area contributed by atoms with Gasteiger partial charge in [-0.25, -0.2) is 0 Å². The summed E-state index contributed by atoms with van der Waals surface area (Å²) in [5.74, 6) is 1.56. The molecule has 1 aliphatic carbocycles. The van der Waals surface area contributed by atoms with E-state index in [2.05, 4.69) is 10.2 Å². The number of hydrogen-bond donors (Lipinski definition) is 2. The van der Waals surface area contributed by atoms with Crippen molar-refractivity contribution in [2.24, 2.45) is 5.92 Å². The average Bonchev–Trinajstić information content (AvgIpc) is 2.78. The summed E-state index contributed by atoms with van der Waals surface area (Å²) in [6.07, 6.45) is 9.47. The van der Waals surface area contributed by atoms with E-state index in [1.807, 2.05) is 36.4 Å². The number of nitrogens with two attached hydrogens (primary N) is 1. The third-order valence-electron chi connectivity index (χ3n) is 6.40. The van der Waals surface area contributed by atoms with Crippen LogP contribution in [-0.4, -0.2) is 36.5 Å². The molecule has 0 bridgehead atoms. The van der Waals surface area contributed by atoms with Crippen molar-refractivity contribution >= 4 is 17.3 Å². The van der Waals surface area contributed by atoms with Gasteiger partial charge < -0.3 is 20.7 Å². The largest absolute Gasteiger partial charge is 0.490 e. The normalized spacial score (nSPS) is 18.2. The Kier molecular flexibility index (Phi) is 8.35. The summed E-state index contributed by atoms with van der Waals surface area (Å²) >= 11 is 0. The minimum atomic E-state index is -0.171. The van der Waals surface area contributed by atoms with E-state index in [1.54, 1.807) is 12.1 Å². The number of ether oxygens (including phenoxy) is 1. The van der Waals surface area contributed by atoms with E-state index >= 15 is 0 Å². The van der Waals surface area contributed by atoms with Crippen LogP contribution >= 0.6 is 0 Å². The predicted octanol–water partition coefficient (Wildman–Crippen LogP) is 5.58. The lowest BCUT2D eigenvalue weighted by Crippen LogP contribution is -2.40. The maximum Gasteiger partial charge on any atom is 0.255 e. The molecule has 4 rings (SSSR count). The van der Waals surface area contributed by atoms with Crippen LogP contribution in [0.2, 0.25) is 0 Å². The minimum Gasteiger partial charge on any atom is -0.490 e. The third-order valence-corrected chi connectivity index (χ3v) is 6.40. The summed E-state index contributed by atoms with van der Waals surface area (Å²) in [6, 6.07) is 14.7. The number of benzene rings is 2. The van der Waals surface area contributed by atoms with E-state index in [0.717, 1.165) is 37.6 Å². The van der Waals surface area contributed by atoms with Crippen LogP contribution in [0.15, 0.2) is 48.5 Å². The lowest BCUT2D eigenvalue weighted by atomic mass is 9.88. The number of likely N-dealkylation sites (tertiary alicyclic amines) is 1. The molecule has 0 unspecified atom stereocenters. The van der Waals surface area contributed by atoms with E-state index in [0.29, 0.717) is 16.9 Å². The molecule has 1 amide bonds. The zero-order valence-corrected chi connectivity index (χ0v) is 17.7. The smallest absolute Gasteiger partial charge is 0.255 e. The number of anilines is 2. The number of rotatable bonds is 6. The van der Waals surface area contributed by atoms with E-state index < -0.39 is 0 Å². The van der Waals surface area contributed by atoms with Gasteiger partial charge >= 0.3 is 0 Å². The highest BCUT2D eigenvalue weighted by molar-refractivity contribution is 6.05. The second-order valence-electron chi connectivity index (χ2n) is 8.69. The zero-order valence-electron chi connectivity index (χ0n) is 17.7. The van der Waals surface area contributed by atoms with Gasteiger partial charge in [0.25, 0.3) is 5.91 Å². The molecule has 1 heterocycles. The van der Waals surface area contributed by atoms with Crippen molar-refractivity contribution in [1.29, 1.82) is 0 Å². The van der Waals surface area contributed by atoms with Crippen molar-refractivity contribution < 1.29 is 9.53 Å².